The van der Waals surface area contributed by atoms with Crippen LogP contribution in [0.4, 0.5) is 0 Å². The lowest BCUT2D eigenvalue weighted by Crippen LogP contribution is -2.43. The Balaban J connectivity index is 2.40. The predicted octanol–water partition coefficient (Wildman–Crippen LogP) is 1.04. The van der Waals surface area contributed by atoms with E-state index in [1.54, 1.807) is 4.90 Å². The molecule has 0 aliphatic carbocycles. The maximum Gasteiger partial charge on any atom is 0.240 e. The number of carbonyl (C=O) groups excluding carboxylic acids is 2. The van der Waals surface area contributed by atoms with E-state index in [9.17, 15) is 9.59 Å². The van der Waals surface area contributed by atoms with E-state index in [2.05, 4.69) is 6.92 Å². The summed E-state index contributed by atoms with van der Waals surface area (Å²) in [5, 5.41) is 0. The molecular weight excluding hydrogens is 192 g/mol. The standard InChI is InChI=1S/C11H20N2O2/c1-2-3-4-7-10(14)13-8-5-6-9(13)11(12)15/h9H,2-8H2,1H3,(H2,12,15)/t9-/m0/s1. The molecule has 0 bridgehead atoms. The van der Waals surface area contributed by atoms with Crippen LogP contribution >= 0.6 is 0 Å². The van der Waals surface area contributed by atoms with E-state index in [4.69, 9.17) is 5.73 Å². The molecule has 0 aromatic heterocycles. The van der Waals surface area contributed by atoms with Gasteiger partial charge in [0.25, 0.3) is 0 Å². The number of nitrogens with two attached hydrogens (primary N) is 1. The van der Waals surface area contributed by atoms with Crippen LogP contribution in [0.2, 0.25) is 0 Å². The van der Waals surface area contributed by atoms with Crippen molar-refractivity contribution in [1.29, 1.82) is 0 Å². The molecule has 1 saturated heterocycles. The van der Waals surface area contributed by atoms with Crippen molar-refractivity contribution in [3.05, 3.63) is 0 Å². The first-order valence-corrected chi connectivity index (χ1v) is 5.75. The molecule has 1 rings (SSSR count). The second-order valence-electron chi connectivity index (χ2n) is 4.10. The third kappa shape index (κ3) is 3.22. The molecule has 2 amide bonds. The van der Waals surface area contributed by atoms with Gasteiger partial charge in [-0.3, -0.25) is 9.59 Å². The molecule has 0 spiro atoms. The summed E-state index contributed by atoms with van der Waals surface area (Å²) in [5.41, 5.74) is 5.25. The first kappa shape index (κ1) is 12.0. The molecule has 4 heteroatoms. The summed E-state index contributed by atoms with van der Waals surface area (Å²) >= 11 is 0. The van der Waals surface area contributed by atoms with Gasteiger partial charge in [-0.2, -0.15) is 0 Å². The molecule has 0 saturated carbocycles. The summed E-state index contributed by atoms with van der Waals surface area (Å²) in [6.45, 7) is 2.80. The fraction of sp³-hybridized carbons (Fsp3) is 0.818. The van der Waals surface area contributed by atoms with Crippen molar-refractivity contribution in [2.45, 2.75) is 51.5 Å². The minimum absolute atomic E-state index is 0.0877. The van der Waals surface area contributed by atoms with Crippen LogP contribution in [0.15, 0.2) is 0 Å². The summed E-state index contributed by atoms with van der Waals surface area (Å²) in [6.07, 6.45) is 5.27. The lowest BCUT2D eigenvalue weighted by atomic mass is 10.1. The minimum Gasteiger partial charge on any atom is -0.368 e. The summed E-state index contributed by atoms with van der Waals surface area (Å²) < 4.78 is 0. The second kappa shape index (κ2) is 5.73. The van der Waals surface area contributed by atoms with Crippen molar-refractivity contribution in [3.63, 3.8) is 0 Å². The van der Waals surface area contributed by atoms with Crippen LogP contribution < -0.4 is 5.73 Å². The molecule has 1 aliphatic rings. The van der Waals surface area contributed by atoms with Gasteiger partial charge in [0.05, 0.1) is 0 Å². The average molecular weight is 212 g/mol. The highest BCUT2D eigenvalue weighted by atomic mass is 16.2. The Morgan fingerprint density at radius 1 is 1.40 bits per heavy atom. The molecule has 2 N–H and O–H groups in total. The van der Waals surface area contributed by atoms with Crippen molar-refractivity contribution >= 4 is 11.8 Å². The van der Waals surface area contributed by atoms with Crippen molar-refractivity contribution in [2.75, 3.05) is 6.54 Å². The zero-order valence-electron chi connectivity index (χ0n) is 9.37. The van der Waals surface area contributed by atoms with Crippen LogP contribution in [0.3, 0.4) is 0 Å². The maximum atomic E-state index is 11.8. The van der Waals surface area contributed by atoms with Crippen LogP contribution in [0, 0.1) is 0 Å². The Hall–Kier alpha value is -1.06. The average Bonchev–Trinajstić information content (AvgIpc) is 2.66. The summed E-state index contributed by atoms with van der Waals surface area (Å²) in [5.74, 6) is -0.277. The highest BCUT2D eigenvalue weighted by Crippen LogP contribution is 2.18. The van der Waals surface area contributed by atoms with E-state index in [0.717, 1.165) is 32.1 Å². The van der Waals surface area contributed by atoms with Crippen molar-refractivity contribution in [3.8, 4) is 0 Å². The molecule has 0 radical (unpaired) electrons. The van der Waals surface area contributed by atoms with Crippen LogP contribution in [0.5, 0.6) is 0 Å². The highest BCUT2D eigenvalue weighted by Gasteiger charge is 2.31. The Morgan fingerprint density at radius 3 is 2.73 bits per heavy atom. The summed E-state index contributed by atoms with van der Waals surface area (Å²) in [7, 11) is 0. The van der Waals surface area contributed by atoms with E-state index in [-0.39, 0.29) is 17.9 Å². The van der Waals surface area contributed by atoms with Gasteiger partial charge >= 0.3 is 0 Å². The van der Waals surface area contributed by atoms with Gasteiger partial charge in [0.2, 0.25) is 11.8 Å². The number of hydrogen-bond acceptors (Lipinski definition) is 2. The normalized spacial score (nSPS) is 20.6. The van der Waals surface area contributed by atoms with Gasteiger partial charge in [0.15, 0.2) is 0 Å². The molecule has 1 atom stereocenters. The number of primary amides is 1. The zero-order valence-corrected chi connectivity index (χ0v) is 9.37. The van der Waals surface area contributed by atoms with E-state index in [1.807, 2.05) is 0 Å². The molecule has 1 fully saturated rings. The van der Waals surface area contributed by atoms with Gasteiger partial charge in [-0.15, -0.1) is 0 Å². The van der Waals surface area contributed by atoms with E-state index >= 15 is 0 Å². The number of carbonyl (C=O) groups is 2. The summed E-state index contributed by atoms with van der Waals surface area (Å²) in [4.78, 5) is 24.5. The first-order chi connectivity index (χ1) is 7.16. The molecule has 86 valence electrons. The lowest BCUT2D eigenvalue weighted by molar-refractivity contribution is -0.137. The highest BCUT2D eigenvalue weighted by molar-refractivity contribution is 5.87. The number of rotatable bonds is 5. The van der Waals surface area contributed by atoms with Gasteiger partial charge < -0.3 is 10.6 Å². The molecular formula is C11H20N2O2. The number of amides is 2. The molecule has 0 unspecified atom stereocenters. The van der Waals surface area contributed by atoms with Crippen LogP contribution in [0.1, 0.15) is 45.4 Å². The van der Waals surface area contributed by atoms with Gasteiger partial charge in [-0.1, -0.05) is 19.8 Å². The van der Waals surface area contributed by atoms with Gasteiger partial charge in [-0.05, 0) is 19.3 Å². The predicted molar refractivity (Wildman–Crippen MR) is 58.1 cm³/mol. The third-order valence-corrected chi connectivity index (χ3v) is 2.90. The Kier molecular flexibility index (Phi) is 4.59. The molecule has 15 heavy (non-hydrogen) atoms. The zero-order chi connectivity index (χ0) is 11.3. The molecule has 1 heterocycles. The maximum absolute atomic E-state index is 11.8. The first-order valence-electron chi connectivity index (χ1n) is 5.75. The molecule has 0 aromatic carbocycles. The van der Waals surface area contributed by atoms with Gasteiger partial charge in [0, 0.05) is 13.0 Å². The van der Waals surface area contributed by atoms with Crippen molar-refractivity contribution in [1.82, 2.24) is 4.90 Å². The Morgan fingerprint density at radius 2 is 2.13 bits per heavy atom. The third-order valence-electron chi connectivity index (χ3n) is 2.90. The molecule has 4 nitrogen and oxygen atoms in total. The Labute approximate surface area is 90.8 Å². The fourth-order valence-corrected chi connectivity index (χ4v) is 2.03. The van der Waals surface area contributed by atoms with Gasteiger partial charge in [0.1, 0.15) is 6.04 Å². The van der Waals surface area contributed by atoms with E-state index in [1.165, 1.54) is 0 Å². The second-order valence-corrected chi connectivity index (χ2v) is 4.10. The lowest BCUT2D eigenvalue weighted by Gasteiger charge is -2.22. The monoisotopic (exact) mass is 212 g/mol. The number of nitrogens with zero attached hydrogens (tertiary/aromatic N) is 1. The largest absolute Gasteiger partial charge is 0.368 e. The SMILES string of the molecule is CCCCCC(=O)N1CCC[C@H]1C(N)=O. The number of hydrogen-bond donors (Lipinski definition) is 1. The topological polar surface area (TPSA) is 63.4 Å². The number of unbranched alkanes of at least 4 members (excludes halogenated alkanes) is 2. The smallest absolute Gasteiger partial charge is 0.240 e. The van der Waals surface area contributed by atoms with Crippen molar-refractivity contribution in [2.24, 2.45) is 5.73 Å². The molecule has 0 aromatic rings. The molecule has 1 aliphatic heterocycles. The van der Waals surface area contributed by atoms with Crippen molar-refractivity contribution < 1.29 is 9.59 Å². The number of likely N-dealkylation sites (tertiary alicyclic amines) is 1. The van der Waals surface area contributed by atoms with E-state index < -0.39 is 0 Å². The van der Waals surface area contributed by atoms with Crippen LogP contribution in [0.25, 0.3) is 0 Å². The quantitative estimate of drug-likeness (QED) is 0.692. The van der Waals surface area contributed by atoms with Gasteiger partial charge in [-0.25, -0.2) is 0 Å². The van der Waals surface area contributed by atoms with Crippen LogP contribution in [-0.2, 0) is 9.59 Å². The van der Waals surface area contributed by atoms with Crippen LogP contribution in [-0.4, -0.2) is 29.3 Å². The fourth-order valence-electron chi connectivity index (χ4n) is 2.03. The Bertz CT molecular complexity index is 241. The summed E-state index contributed by atoms with van der Waals surface area (Å²) in [6, 6.07) is -0.348. The minimum atomic E-state index is -0.364. The van der Waals surface area contributed by atoms with E-state index in [0.29, 0.717) is 13.0 Å².